The van der Waals surface area contributed by atoms with Gasteiger partial charge in [0.05, 0.1) is 13.2 Å². The van der Waals surface area contributed by atoms with Crippen LogP contribution in [0.1, 0.15) is 19.4 Å². The van der Waals surface area contributed by atoms with Crippen molar-refractivity contribution in [2.75, 3.05) is 31.2 Å². The fourth-order valence-electron chi connectivity index (χ4n) is 1.50. The van der Waals surface area contributed by atoms with Crippen LogP contribution in [0, 0.1) is 6.92 Å². The number of rotatable bonds is 1. The number of hydrogen-bond donors (Lipinski definition) is 0. The fraction of sp³-hybridized carbons (Fsp3) is 0.636. The first-order chi connectivity index (χ1) is 7.38. The van der Waals surface area contributed by atoms with E-state index in [2.05, 4.69) is 14.9 Å². The Bertz CT molecular complexity index is 285. The van der Waals surface area contributed by atoms with Gasteiger partial charge in [-0.15, -0.1) is 0 Å². The number of hydrogen-bond acceptors (Lipinski definition) is 4. The van der Waals surface area contributed by atoms with Crippen LogP contribution >= 0.6 is 0 Å². The normalized spacial score (nSPS) is 15.5. The molecule has 1 aromatic heterocycles. The van der Waals surface area contributed by atoms with E-state index in [1.807, 2.05) is 27.0 Å². The van der Waals surface area contributed by atoms with E-state index in [0.29, 0.717) is 0 Å². The Morgan fingerprint density at radius 2 is 1.93 bits per heavy atom. The zero-order chi connectivity index (χ0) is 11.1. The molecular formula is C11H19N3O. The Hall–Kier alpha value is -1.16. The molecule has 0 aromatic carbocycles. The highest BCUT2D eigenvalue weighted by molar-refractivity contribution is 5.44. The molecule has 4 nitrogen and oxygen atoms in total. The largest absolute Gasteiger partial charge is 0.378 e. The molecule has 2 rings (SSSR count). The number of aromatic nitrogens is 2. The lowest BCUT2D eigenvalue weighted by Gasteiger charge is -2.28. The van der Waals surface area contributed by atoms with E-state index in [0.717, 1.165) is 37.7 Å². The van der Waals surface area contributed by atoms with Gasteiger partial charge in [0.1, 0.15) is 12.1 Å². The van der Waals surface area contributed by atoms with Crippen molar-refractivity contribution in [2.45, 2.75) is 20.8 Å². The molecule has 15 heavy (non-hydrogen) atoms. The first-order valence-electron chi connectivity index (χ1n) is 5.47. The summed E-state index contributed by atoms with van der Waals surface area (Å²) in [5, 5.41) is 0. The van der Waals surface area contributed by atoms with E-state index >= 15 is 0 Å². The number of nitrogens with zero attached hydrogens (tertiary/aromatic N) is 3. The summed E-state index contributed by atoms with van der Waals surface area (Å²) in [5.74, 6) is 1.04. The molecule has 2 heterocycles. The highest BCUT2D eigenvalue weighted by Crippen LogP contribution is 2.15. The monoisotopic (exact) mass is 209 g/mol. The predicted octanol–water partition coefficient (Wildman–Crippen LogP) is 1.65. The molecule has 0 atom stereocenters. The van der Waals surface area contributed by atoms with Crippen LogP contribution in [-0.2, 0) is 4.74 Å². The van der Waals surface area contributed by atoms with Gasteiger partial charge < -0.3 is 9.64 Å². The molecule has 0 aliphatic carbocycles. The van der Waals surface area contributed by atoms with Gasteiger partial charge in [0.2, 0.25) is 0 Å². The van der Waals surface area contributed by atoms with Crippen molar-refractivity contribution in [3.8, 4) is 0 Å². The Morgan fingerprint density at radius 1 is 1.27 bits per heavy atom. The van der Waals surface area contributed by atoms with E-state index in [-0.39, 0.29) is 0 Å². The summed E-state index contributed by atoms with van der Waals surface area (Å²) in [7, 11) is 0. The van der Waals surface area contributed by atoms with Crippen molar-refractivity contribution in [3.05, 3.63) is 18.1 Å². The lowest BCUT2D eigenvalue weighted by molar-refractivity contribution is 0.122. The van der Waals surface area contributed by atoms with Crippen molar-refractivity contribution >= 4 is 5.82 Å². The first-order valence-corrected chi connectivity index (χ1v) is 5.47. The Morgan fingerprint density at radius 3 is 2.53 bits per heavy atom. The molecule has 1 fully saturated rings. The zero-order valence-electron chi connectivity index (χ0n) is 9.73. The standard InChI is InChI=1S/C9H13N3O.C2H6/c1-8-6-10-7-11-9(8)12-2-4-13-5-3-12;1-2/h6-7H,2-5H2,1H3;1-2H3. The van der Waals surface area contributed by atoms with Gasteiger partial charge in [-0.25, -0.2) is 9.97 Å². The first kappa shape index (κ1) is 11.9. The molecule has 1 aliphatic heterocycles. The summed E-state index contributed by atoms with van der Waals surface area (Å²) in [4.78, 5) is 10.5. The number of morpholine rings is 1. The molecule has 1 aromatic rings. The molecule has 84 valence electrons. The third-order valence-corrected chi connectivity index (χ3v) is 2.18. The van der Waals surface area contributed by atoms with Gasteiger partial charge in [0, 0.05) is 24.8 Å². The molecule has 4 heteroatoms. The summed E-state index contributed by atoms with van der Waals surface area (Å²) < 4.78 is 5.28. The minimum atomic E-state index is 0.795. The van der Waals surface area contributed by atoms with E-state index in [4.69, 9.17) is 4.74 Å². The Balaban J connectivity index is 0.000000531. The SMILES string of the molecule is CC.Cc1cncnc1N1CCOCC1. The molecule has 1 saturated heterocycles. The van der Waals surface area contributed by atoms with Crippen LogP contribution in [0.15, 0.2) is 12.5 Å². The summed E-state index contributed by atoms with van der Waals surface area (Å²) in [6, 6.07) is 0. The molecule has 0 spiro atoms. The third-order valence-electron chi connectivity index (χ3n) is 2.18. The maximum absolute atomic E-state index is 5.28. The zero-order valence-corrected chi connectivity index (χ0v) is 9.73. The van der Waals surface area contributed by atoms with Crippen LogP contribution in [0.25, 0.3) is 0 Å². The topological polar surface area (TPSA) is 38.2 Å². The van der Waals surface area contributed by atoms with Gasteiger partial charge in [-0.1, -0.05) is 13.8 Å². The lowest BCUT2D eigenvalue weighted by Crippen LogP contribution is -2.37. The average Bonchev–Trinajstić information content (AvgIpc) is 2.33. The van der Waals surface area contributed by atoms with Gasteiger partial charge in [-0.2, -0.15) is 0 Å². The van der Waals surface area contributed by atoms with Gasteiger partial charge in [0.25, 0.3) is 0 Å². The third kappa shape index (κ3) is 3.16. The number of aryl methyl sites for hydroxylation is 1. The molecule has 1 aliphatic rings. The molecule has 0 bridgehead atoms. The minimum absolute atomic E-state index is 0.795. The summed E-state index contributed by atoms with van der Waals surface area (Å²) in [6.07, 6.45) is 3.44. The van der Waals surface area contributed by atoms with Crippen molar-refractivity contribution in [2.24, 2.45) is 0 Å². The molecular weight excluding hydrogens is 190 g/mol. The second kappa shape index (κ2) is 6.35. The second-order valence-corrected chi connectivity index (χ2v) is 3.13. The molecule has 0 N–H and O–H groups in total. The highest BCUT2D eigenvalue weighted by atomic mass is 16.5. The predicted molar refractivity (Wildman–Crippen MR) is 61.1 cm³/mol. The molecule has 0 radical (unpaired) electrons. The van der Waals surface area contributed by atoms with Crippen molar-refractivity contribution in [1.29, 1.82) is 0 Å². The van der Waals surface area contributed by atoms with E-state index in [1.54, 1.807) is 6.33 Å². The summed E-state index contributed by atoms with van der Waals surface area (Å²) in [6.45, 7) is 9.48. The molecule has 0 amide bonds. The van der Waals surface area contributed by atoms with E-state index in [1.165, 1.54) is 0 Å². The smallest absolute Gasteiger partial charge is 0.135 e. The van der Waals surface area contributed by atoms with Crippen molar-refractivity contribution < 1.29 is 4.74 Å². The summed E-state index contributed by atoms with van der Waals surface area (Å²) in [5.41, 5.74) is 1.13. The second-order valence-electron chi connectivity index (χ2n) is 3.13. The van der Waals surface area contributed by atoms with Crippen LogP contribution in [0.5, 0.6) is 0 Å². The Kier molecular flexibility index (Phi) is 5.04. The quantitative estimate of drug-likeness (QED) is 0.705. The van der Waals surface area contributed by atoms with Crippen molar-refractivity contribution in [3.63, 3.8) is 0 Å². The maximum atomic E-state index is 5.28. The fourth-order valence-corrected chi connectivity index (χ4v) is 1.50. The van der Waals surface area contributed by atoms with Gasteiger partial charge in [-0.05, 0) is 6.92 Å². The van der Waals surface area contributed by atoms with Crippen LogP contribution < -0.4 is 4.90 Å². The van der Waals surface area contributed by atoms with Gasteiger partial charge >= 0.3 is 0 Å². The maximum Gasteiger partial charge on any atom is 0.135 e. The lowest BCUT2D eigenvalue weighted by atomic mass is 10.3. The minimum Gasteiger partial charge on any atom is -0.378 e. The average molecular weight is 209 g/mol. The van der Waals surface area contributed by atoms with E-state index < -0.39 is 0 Å². The van der Waals surface area contributed by atoms with E-state index in [9.17, 15) is 0 Å². The van der Waals surface area contributed by atoms with Crippen molar-refractivity contribution in [1.82, 2.24) is 9.97 Å². The van der Waals surface area contributed by atoms with Crippen LogP contribution in [0.4, 0.5) is 5.82 Å². The van der Waals surface area contributed by atoms with Crippen LogP contribution in [-0.4, -0.2) is 36.3 Å². The van der Waals surface area contributed by atoms with Gasteiger partial charge in [-0.3, -0.25) is 0 Å². The number of anilines is 1. The molecule has 0 unspecified atom stereocenters. The van der Waals surface area contributed by atoms with Crippen LogP contribution in [0.3, 0.4) is 0 Å². The summed E-state index contributed by atoms with van der Waals surface area (Å²) >= 11 is 0. The van der Waals surface area contributed by atoms with Crippen LogP contribution in [0.2, 0.25) is 0 Å². The highest BCUT2D eigenvalue weighted by Gasteiger charge is 2.13. The Labute approximate surface area is 91.3 Å². The molecule has 0 saturated carbocycles. The van der Waals surface area contributed by atoms with Gasteiger partial charge in [0.15, 0.2) is 0 Å². The number of ether oxygens (including phenoxy) is 1.